The van der Waals surface area contributed by atoms with Gasteiger partial charge >= 0.3 is 0 Å². The Morgan fingerprint density at radius 2 is 2.00 bits per heavy atom. The monoisotopic (exact) mass is 365 g/mol. The Morgan fingerprint density at radius 1 is 1.15 bits per heavy atom. The Kier molecular flexibility index (Phi) is 3.93. The van der Waals surface area contributed by atoms with E-state index in [0.717, 1.165) is 24.3 Å². The average molecular weight is 365 g/mol. The van der Waals surface area contributed by atoms with Gasteiger partial charge in [0.05, 0.1) is 37.3 Å². The molecule has 0 N–H and O–H groups in total. The molecule has 138 valence electrons. The summed E-state index contributed by atoms with van der Waals surface area (Å²) < 4.78 is 7.45. The largest absolute Gasteiger partial charge is 0.378 e. The first-order valence-electron chi connectivity index (χ1n) is 9.01. The fraction of sp³-hybridized carbons (Fsp3) is 0.389. The third-order valence-electron chi connectivity index (χ3n) is 5.05. The van der Waals surface area contributed by atoms with Crippen molar-refractivity contribution >= 4 is 23.0 Å². The van der Waals surface area contributed by atoms with Crippen LogP contribution in [0.5, 0.6) is 0 Å². The van der Waals surface area contributed by atoms with E-state index in [1.807, 2.05) is 9.47 Å². The first-order chi connectivity index (χ1) is 13.3. The summed E-state index contributed by atoms with van der Waals surface area (Å²) in [5.41, 5.74) is 2.19. The molecular formula is C18H19N7O2. The van der Waals surface area contributed by atoms with Gasteiger partial charge < -0.3 is 19.1 Å². The van der Waals surface area contributed by atoms with E-state index in [4.69, 9.17) is 9.72 Å². The molecule has 2 fully saturated rings. The molecule has 0 aromatic carbocycles. The fourth-order valence-electron chi connectivity index (χ4n) is 3.47. The lowest BCUT2D eigenvalue weighted by atomic mass is 10.1. The highest BCUT2D eigenvalue weighted by molar-refractivity contribution is 5.94. The summed E-state index contributed by atoms with van der Waals surface area (Å²) in [4.78, 5) is 34.0. The minimum atomic E-state index is 0.00685. The molecule has 0 bridgehead atoms. The smallest absolute Gasteiger partial charge is 0.255 e. The van der Waals surface area contributed by atoms with E-state index in [-0.39, 0.29) is 11.9 Å². The number of anilines is 1. The third kappa shape index (κ3) is 2.89. The number of rotatable bonds is 3. The number of hydrogen-bond donors (Lipinski definition) is 0. The Labute approximate surface area is 155 Å². The molecule has 2 saturated heterocycles. The zero-order chi connectivity index (χ0) is 18.2. The van der Waals surface area contributed by atoms with Crippen LogP contribution in [0.4, 0.5) is 5.95 Å². The molecule has 5 rings (SSSR count). The van der Waals surface area contributed by atoms with Crippen molar-refractivity contribution in [2.24, 2.45) is 0 Å². The molecule has 0 radical (unpaired) electrons. The second-order valence-electron chi connectivity index (χ2n) is 6.74. The summed E-state index contributed by atoms with van der Waals surface area (Å²) in [5, 5.41) is 0. The van der Waals surface area contributed by atoms with Crippen molar-refractivity contribution in [2.45, 2.75) is 6.04 Å². The minimum absolute atomic E-state index is 0.00685. The van der Waals surface area contributed by atoms with E-state index >= 15 is 0 Å². The van der Waals surface area contributed by atoms with Gasteiger partial charge in [0.1, 0.15) is 5.52 Å². The van der Waals surface area contributed by atoms with E-state index in [9.17, 15) is 4.79 Å². The Hall–Kier alpha value is -3.07. The van der Waals surface area contributed by atoms with Crippen LogP contribution in [0.3, 0.4) is 0 Å². The number of fused-ring (bicyclic) bond motifs is 1. The number of hydrogen-bond acceptors (Lipinski definition) is 7. The Balaban J connectivity index is 1.34. The van der Waals surface area contributed by atoms with Crippen LogP contribution < -0.4 is 4.90 Å². The van der Waals surface area contributed by atoms with Gasteiger partial charge in [0.15, 0.2) is 5.65 Å². The molecule has 1 amide bonds. The van der Waals surface area contributed by atoms with Crippen LogP contribution >= 0.6 is 0 Å². The first-order valence-corrected chi connectivity index (χ1v) is 9.01. The summed E-state index contributed by atoms with van der Waals surface area (Å²) in [6, 6.07) is 3.73. The molecule has 0 unspecified atom stereocenters. The summed E-state index contributed by atoms with van der Waals surface area (Å²) in [7, 11) is 0. The van der Waals surface area contributed by atoms with Gasteiger partial charge in [-0.1, -0.05) is 0 Å². The normalized spacial score (nSPS) is 17.9. The number of morpholine rings is 1. The molecule has 9 nitrogen and oxygen atoms in total. The SMILES string of the molecule is O=C(c1cccnc1)N1CC(n2cnc3cnc(N4CCOCC4)nc32)C1. The minimum Gasteiger partial charge on any atom is -0.378 e. The molecule has 5 heterocycles. The molecule has 0 atom stereocenters. The van der Waals surface area contributed by atoms with Crippen molar-refractivity contribution in [2.75, 3.05) is 44.3 Å². The standard InChI is InChI=1S/C18H19N7O2/c26-17(13-2-1-3-19-8-13)24-10-14(11-24)25-12-21-15-9-20-18(22-16(15)25)23-4-6-27-7-5-23/h1-3,8-9,12,14H,4-7,10-11H2. The average Bonchev–Trinajstić information content (AvgIpc) is 3.11. The van der Waals surface area contributed by atoms with Crippen LogP contribution in [-0.4, -0.2) is 74.7 Å². The maximum atomic E-state index is 12.5. The number of carbonyl (C=O) groups excluding carboxylic acids is 1. The Morgan fingerprint density at radius 3 is 2.78 bits per heavy atom. The predicted octanol–water partition coefficient (Wildman–Crippen LogP) is 0.755. The zero-order valence-corrected chi connectivity index (χ0v) is 14.7. The van der Waals surface area contributed by atoms with Crippen molar-refractivity contribution < 1.29 is 9.53 Å². The second kappa shape index (κ2) is 6.58. The molecule has 3 aromatic rings. The molecule has 0 saturated carbocycles. The summed E-state index contributed by atoms with van der Waals surface area (Å²) in [6.45, 7) is 4.22. The number of nitrogens with zero attached hydrogens (tertiary/aromatic N) is 7. The van der Waals surface area contributed by atoms with Crippen LogP contribution in [0.1, 0.15) is 16.4 Å². The van der Waals surface area contributed by atoms with Crippen molar-refractivity contribution in [3.8, 4) is 0 Å². The van der Waals surface area contributed by atoms with Crippen molar-refractivity contribution in [1.29, 1.82) is 0 Å². The van der Waals surface area contributed by atoms with Crippen LogP contribution in [0.2, 0.25) is 0 Å². The summed E-state index contributed by atoms with van der Waals surface area (Å²) >= 11 is 0. The zero-order valence-electron chi connectivity index (χ0n) is 14.7. The van der Waals surface area contributed by atoms with Gasteiger partial charge in [0, 0.05) is 38.6 Å². The van der Waals surface area contributed by atoms with Gasteiger partial charge in [-0.2, -0.15) is 4.98 Å². The van der Waals surface area contributed by atoms with Gasteiger partial charge in [-0.15, -0.1) is 0 Å². The lowest BCUT2D eigenvalue weighted by molar-refractivity contribution is 0.0525. The molecule has 27 heavy (non-hydrogen) atoms. The molecule has 9 heteroatoms. The number of pyridine rings is 1. The van der Waals surface area contributed by atoms with Crippen LogP contribution in [-0.2, 0) is 4.74 Å². The van der Waals surface area contributed by atoms with Crippen molar-refractivity contribution in [3.05, 3.63) is 42.6 Å². The van der Waals surface area contributed by atoms with Gasteiger partial charge in [-0.25, -0.2) is 9.97 Å². The Bertz CT molecular complexity index is 962. The van der Waals surface area contributed by atoms with Gasteiger partial charge in [0.25, 0.3) is 5.91 Å². The summed E-state index contributed by atoms with van der Waals surface area (Å²) in [6.07, 6.45) is 6.82. The van der Waals surface area contributed by atoms with E-state index in [1.165, 1.54) is 0 Å². The maximum Gasteiger partial charge on any atom is 0.255 e. The van der Waals surface area contributed by atoms with Crippen molar-refractivity contribution in [3.63, 3.8) is 0 Å². The lowest BCUT2D eigenvalue weighted by Gasteiger charge is -2.39. The first kappa shape index (κ1) is 16.1. The summed E-state index contributed by atoms with van der Waals surface area (Å²) in [5.74, 6) is 0.711. The van der Waals surface area contributed by atoms with Crippen LogP contribution in [0.15, 0.2) is 37.1 Å². The van der Waals surface area contributed by atoms with Gasteiger partial charge in [-0.05, 0) is 12.1 Å². The van der Waals surface area contributed by atoms with E-state index in [0.29, 0.717) is 37.8 Å². The topological polar surface area (TPSA) is 89.3 Å². The lowest BCUT2D eigenvalue weighted by Crippen LogP contribution is -2.50. The molecule has 2 aliphatic heterocycles. The second-order valence-corrected chi connectivity index (χ2v) is 6.74. The number of imidazole rings is 1. The quantitative estimate of drug-likeness (QED) is 0.677. The van der Waals surface area contributed by atoms with E-state index in [1.54, 1.807) is 37.1 Å². The number of aromatic nitrogens is 5. The van der Waals surface area contributed by atoms with Crippen molar-refractivity contribution in [1.82, 2.24) is 29.4 Å². The number of amides is 1. The highest BCUT2D eigenvalue weighted by Gasteiger charge is 2.33. The number of carbonyl (C=O) groups is 1. The molecule has 0 spiro atoms. The molecule has 2 aliphatic rings. The molecule has 0 aliphatic carbocycles. The van der Waals surface area contributed by atoms with Gasteiger partial charge in [-0.3, -0.25) is 9.78 Å². The molecule has 3 aromatic heterocycles. The van der Waals surface area contributed by atoms with Crippen LogP contribution in [0, 0.1) is 0 Å². The number of ether oxygens (including phenoxy) is 1. The predicted molar refractivity (Wildman–Crippen MR) is 97.5 cm³/mol. The van der Waals surface area contributed by atoms with Crippen LogP contribution in [0.25, 0.3) is 11.2 Å². The third-order valence-corrected chi connectivity index (χ3v) is 5.05. The molecular weight excluding hydrogens is 346 g/mol. The highest BCUT2D eigenvalue weighted by Crippen LogP contribution is 2.26. The maximum absolute atomic E-state index is 12.5. The highest BCUT2D eigenvalue weighted by atomic mass is 16.5. The van der Waals surface area contributed by atoms with Gasteiger partial charge in [0.2, 0.25) is 5.95 Å². The number of likely N-dealkylation sites (tertiary alicyclic amines) is 1. The van der Waals surface area contributed by atoms with E-state index in [2.05, 4.69) is 19.9 Å². The van der Waals surface area contributed by atoms with E-state index < -0.39 is 0 Å². The fourth-order valence-corrected chi connectivity index (χ4v) is 3.47.